The monoisotopic (exact) mass is 352 g/mol. The van der Waals surface area contributed by atoms with Crippen LogP contribution in [0.1, 0.15) is 24.0 Å². The summed E-state index contributed by atoms with van der Waals surface area (Å²) in [5.74, 6) is -0.300. The third kappa shape index (κ3) is 2.48. The summed E-state index contributed by atoms with van der Waals surface area (Å²) < 4.78 is 38.8. The highest BCUT2D eigenvalue weighted by molar-refractivity contribution is 8.13. The summed E-state index contributed by atoms with van der Waals surface area (Å²) in [5, 5.41) is 7.92. The molecule has 2 N–H and O–H groups in total. The number of hydrogen-bond donors (Lipinski definition) is 1. The number of aliphatic imine (C=N–C) groups is 1. The molecule has 1 saturated heterocycles. The van der Waals surface area contributed by atoms with Gasteiger partial charge in [-0.15, -0.1) is 10.2 Å². The number of benzene rings is 1. The average Bonchev–Trinajstić information content (AvgIpc) is 3.08. The fourth-order valence-electron chi connectivity index (χ4n) is 3.30. The van der Waals surface area contributed by atoms with Crippen LogP contribution in [0.5, 0.6) is 0 Å². The number of aromatic nitrogens is 2. The summed E-state index contributed by atoms with van der Waals surface area (Å²) in [4.78, 5) is 4.52. The second-order valence-corrected chi connectivity index (χ2v) is 6.86. The molecule has 0 unspecified atom stereocenters. The average molecular weight is 352 g/mol. The highest BCUT2D eigenvalue weighted by Crippen LogP contribution is 2.49. The van der Waals surface area contributed by atoms with Crippen molar-refractivity contribution in [2.45, 2.75) is 18.1 Å². The van der Waals surface area contributed by atoms with Crippen LogP contribution in [0.2, 0.25) is 0 Å². The molecule has 0 bridgehead atoms. The van der Waals surface area contributed by atoms with Crippen molar-refractivity contribution in [1.29, 1.82) is 0 Å². The molecule has 3 heterocycles. The molecule has 2 aromatic rings. The van der Waals surface area contributed by atoms with E-state index in [1.165, 1.54) is 30.3 Å². The van der Waals surface area contributed by atoms with Crippen LogP contribution in [0.4, 0.5) is 8.78 Å². The van der Waals surface area contributed by atoms with Gasteiger partial charge in [-0.1, -0.05) is 17.8 Å². The molecule has 4 rings (SSSR count). The van der Waals surface area contributed by atoms with Crippen molar-refractivity contribution in [2.24, 2.45) is 16.6 Å². The summed E-state index contributed by atoms with van der Waals surface area (Å²) >= 11 is 1.41. The van der Waals surface area contributed by atoms with Crippen molar-refractivity contribution in [3.05, 3.63) is 47.7 Å². The fraction of sp³-hybridized carbons (Fsp3) is 0.400. The van der Waals surface area contributed by atoms with Crippen LogP contribution >= 0.6 is 11.8 Å². The van der Waals surface area contributed by atoms with Crippen LogP contribution < -0.4 is 5.73 Å². The zero-order chi connectivity index (χ0) is 16.7. The molecule has 1 aromatic heterocycles. The number of amidine groups is 1. The van der Waals surface area contributed by atoms with E-state index >= 15 is 0 Å². The van der Waals surface area contributed by atoms with E-state index in [0.717, 1.165) is 6.07 Å². The Bertz CT molecular complexity index is 786. The number of nitrogens with two attached hydrogens (primary N) is 1. The van der Waals surface area contributed by atoms with Gasteiger partial charge in [0.15, 0.2) is 5.17 Å². The highest BCUT2D eigenvalue weighted by atomic mass is 32.2. The van der Waals surface area contributed by atoms with Gasteiger partial charge in [0.1, 0.15) is 23.3 Å². The normalized spacial score (nSPS) is 29.8. The third-order valence-electron chi connectivity index (χ3n) is 4.47. The summed E-state index contributed by atoms with van der Waals surface area (Å²) in [6.45, 7) is 0.106. The van der Waals surface area contributed by atoms with E-state index in [-0.39, 0.29) is 18.6 Å². The SMILES string of the molecule is NC1=N[C@@]2(c3ccc(F)cc3F)CO[C@@H](c3nnco3)C[C@H]2CS1. The van der Waals surface area contributed by atoms with Crippen LogP contribution in [0.25, 0.3) is 0 Å². The van der Waals surface area contributed by atoms with Gasteiger partial charge in [0.05, 0.1) is 6.61 Å². The second-order valence-electron chi connectivity index (χ2n) is 5.82. The van der Waals surface area contributed by atoms with E-state index < -0.39 is 17.2 Å². The van der Waals surface area contributed by atoms with Gasteiger partial charge in [0, 0.05) is 23.3 Å². The molecular formula is C15H14F2N4O2S. The molecule has 9 heteroatoms. The standard InChI is InChI=1S/C15H14F2N4O2S/c16-9-1-2-10(11(17)4-9)15-6-22-12(13-21-19-7-23-13)3-8(15)5-24-14(18)20-15/h1-2,4,7-8,12H,3,5-6H2,(H2,18,20)/t8-,12+,15-/m0/s1. The highest BCUT2D eigenvalue weighted by Gasteiger charge is 2.50. The fourth-order valence-corrected chi connectivity index (χ4v) is 4.31. The minimum absolute atomic E-state index is 0.0552. The van der Waals surface area contributed by atoms with Crippen molar-refractivity contribution in [3.63, 3.8) is 0 Å². The minimum Gasteiger partial charge on any atom is -0.425 e. The van der Waals surface area contributed by atoms with E-state index in [1.54, 1.807) is 0 Å². The van der Waals surface area contributed by atoms with Gasteiger partial charge in [-0.05, 0) is 12.5 Å². The van der Waals surface area contributed by atoms with Gasteiger partial charge in [0.2, 0.25) is 12.3 Å². The van der Waals surface area contributed by atoms with E-state index in [9.17, 15) is 8.78 Å². The van der Waals surface area contributed by atoms with Gasteiger partial charge >= 0.3 is 0 Å². The molecule has 0 amide bonds. The van der Waals surface area contributed by atoms with Gasteiger partial charge in [-0.25, -0.2) is 13.8 Å². The summed E-state index contributed by atoms with van der Waals surface area (Å²) in [6, 6.07) is 3.50. The lowest BCUT2D eigenvalue weighted by Gasteiger charge is -2.45. The maximum absolute atomic E-state index is 14.4. The largest absolute Gasteiger partial charge is 0.425 e. The molecule has 2 aliphatic heterocycles. The molecule has 6 nitrogen and oxygen atoms in total. The predicted octanol–water partition coefficient (Wildman–Crippen LogP) is 2.38. The Hall–Kier alpha value is -2.00. The van der Waals surface area contributed by atoms with Crippen molar-refractivity contribution in [1.82, 2.24) is 10.2 Å². The molecule has 24 heavy (non-hydrogen) atoms. The Morgan fingerprint density at radius 1 is 1.33 bits per heavy atom. The number of halogens is 2. The molecule has 0 radical (unpaired) electrons. The number of nitrogens with zero attached hydrogens (tertiary/aromatic N) is 3. The molecule has 1 fully saturated rings. The Kier molecular flexibility index (Phi) is 3.76. The number of rotatable bonds is 2. The van der Waals surface area contributed by atoms with E-state index in [0.29, 0.717) is 28.8 Å². The van der Waals surface area contributed by atoms with Crippen LogP contribution in [0, 0.1) is 17.6 Å². The Balaban J connectivity index is 1.74. The Morgan fingerprint density at radius 2 is 2.21 bits per heavy atom. The zero-order valence-electron chi connectivity index (χ0n) is 12.5. The third-order valence-corrected chi connectivity index (χ3v) is 5.43. The van der Waals surface area contributed by atoms with E-state index in [1.807, 2.05) is 0 Å². The summed E-state index contributed by atoms with van der Waals surface area (Å²) in [5.41, 5.74) is 5.22. The maximum atomic E-state index is 14.4. The van der Waals surface area contributed by atoms with Crippen molar-refractivity contribution in [2.75, 3.05) is 12.4 Å². The molecular weight excluding hydrogens is 338 g/mol. The quantitative estimate of drug-likeness (QED) is 0.893. The van der Waals surface area contributed by atoms with Crippen molar-refractivity contribution >= 4 is 16.9 Å². The number of thioether (sulfide) groups is 1. The maximum Gasteiger partial charge on any atom is 0.244 e. The number of hydrogen-bond acceptors (Lipinski definition) is 7. The second kappa shape index (κ2) is 5.82. The topological polar surface area (TPSA) is 86.5 Å². The number of ether oxygens (including phenoxy) is 1. The van der Waals surface area contributed by atoms with Crippen LogP contribution in [0.3, 0.4) is 0 Å². The van der Waals surface area contributed by atoms with Crippen LogP contribution in [-0.2, 0) is 10.3 Å². The first-order valence-electron chi connectivity index (χ1n) is 7.40. The van der Waals surface area contributed by atoms with Crippen LogP contribution in [0.15, 0.2) is 34.0 Å². The summed E-state index contributed by atoms with van der Waals surface area (Å²) in [6.07, 6.45) is 1.40. The molecule has 0 spiro atoms. The predicted molar refractivity (Wildman–Crippen MR) is 83.2 cm³/mol. The molecule has 0 aliphatic carbocycles. The Morgan fingerprint density at radius 3 is 2.96 bits per heavy atom. The lowest BCUT2D eigenvalue weighted by molar-refractivity contribution is -0.0698. The molecule has 126 valence electrons. The number of fused-ring (bicyclic) bond motifs is 1. The first kappa shape index (κ1) is 15.5. The zero-order valence-corrected chi connectivity index (χ0v) is 13.3. The lowest BCUT2D eigenvalue weighted by Crippen LogP contribution is -2.48. The van der Waals surface area contributed by atoms with Gasteiger partial charge in [-0.2, -0.15) is 0 Å². The minimum atomic E-state index is -0.969. The van der Waals surface area contributed by atoms with Gasteiger partial charge in [0.25, 0.3) is 0 Å². The molecule has 3 atom stereocenters. The van der Waals surface area contributed by atoms with Gasteiger partial charge in [-0.3, -0.25) is 0 Å². The molecule has 1 aromatic carbocycles. The molecule has 2 aliphatic rings. The van der Waals surface area contributed by atoms with Gasteiger partial charge < -0.3 is 14.9 Å². The van der Waals surface area contributed by atoms with Crippen molar-refractivity contribution < 1.29 is 17.9 Å². The molecule has 0 saturated carbocycles. The first-order valence-corrected chi connectivity index (χ1v) is 8.38. The van der Waals surface area contributed by atoms with E-state index in [4.69, 9.17) is 14.9 Å². The smallest absolute Gasteiger partial charge is 0.244 e. The first-order chi connectivity index (χ1) is 11.6. The Labute approximate surface area is 140 Å². The van der Waals surface area contributed by atoms with E-state index in [2.05, 4.69) is 15.2 Å². The van der Waals surface area contributed by atoms with Crippen molar-refractivity contribution in [3.8, 4) is 0 Å². The van der Waals surface area contributed by atoms with Crippen LogP contribution in [-0.4, -0.2) is 27.7 Å². The summed E-state index contributed by atoms with van der Waals surface area (Å²) in [7, 11) is 0. The lowest BCUT2D eigenvalue weighted by atomic mass is 9.75.